The SMILES string of the molecule is CCn1c(C)cc(C(=O)O[C@@H](C)C(=O)Nc2ccc3ccccc3c2)c1C. The fourth-order valence-corrected chi connectivity index (χ4v) is 3.28. The van der Waals surface area contributed by atoms with E-state index in [2.05, 4.69) is 5.32 Å². The second kappa shape index (κ2) is 7.66. The minimum atomic E-state index is -0.895. The predicted molar refractivity (Wildman–Crippen MR) is 107 cm³/mol. The zero-order chi connectivity index (χ0) is 19.6. The molecule has 1 N–H and O–H groups in total. The monoisotopic (exact) mass is 364 g/mol. The molecule has 0 fully saturated rings. The molecule has 0 aliphatic rings. The van der Waals surface area contributed by atoms with E-state index in [4.69, 9.17) is 4.74 Å². The van der Waals surface area contributed by atoms with E-state index in [1.807, 2.05) is 67.8 Å². The summed E-state index contributed by atoms with van der Waals surface area (Å²) in [6, 6.07) is 15.4. The highest BCUT2D eigenvalue weighted by atomic mass is 16.5. The maximum atomic E-state index is 12.5. The van der Waals surface area contributed by atoms with Crippen LogP contribution < -0.4 is 5.32 Å². The number of amides is 1. The largest absolute Gasteiger partial charge is 0.449 e. The summed E-state index contributed by atoms with van der Waals surface area (Å²) in [7, 11) is 0. The molecular formula is C22H24N2O3. The normalized spacial score (nSPS) is 12.0. The number of benzene rings is 2. The molecule has 3 aromatic rings. The zero-order valence-electron chi connectivity index (χ0n) is 16.1. The number of carbonyl (C=O) groups is 2. The second-order valence-electron chi connectivity index (χ2n) is 6.63. The van der Waals surface area contributed by atoms with Gasteiger partial charge in [0.2, 0.25) is 0 Å². The first-order valence-electron chi connectivity index (χ1n) is 9.08. The molecular weight excluding hydrogens is 340 g/mol. The molecule has 140 valence electrons. The number of rotatable bonds is 5. The number of aromatic nitrogens is 1. The number of hydrogen-bond donors (Lipinski definition) is 1. The van der Waals surface area contributed by atoms with Gasteiger partial charge in [-0.1, -0.05) is 30.3 Å². The summed E-state index contributed by atoms with van der Waals surface area (Å²) in [6.07, 6.45) is -0.895. The minimum Gasteiger partial charge on any atom is -0.449 e. The molecule has 0 aliphatic carbocycles. The average Bonchev–Trinajstić information content (AvgIpc) is 2.95. The molecule has 1 heterocycles. The molecule has 0 bridgehead atoms. The molecule has 0 spiro atoms. The van der Waals surface area contributed by atoms with Crippen molar-refractivity contribution in [3.8, 4) is 0 Å². The predicted octanol–water partition coefficient (Wildman–Crippen LogP) is 4.46. The third-order valence-electron chi connectivity index (χ3n) is 4.78. The lowest BCUT2D eigenvalue weighted by molar-refractivity contribution is -0.123. The topological polar surface area (TPSA) is 60.3 Å². The zero-order valence-corrected chi connectivity index (χ0v) is 16.1. The van der Waals surface area contributed by atoms with Crippen LogP contribution in [0.2, 0.25) is 0 Å². The lowest BCUT2D eigenvalue weighted by atomic mass is 10.1. The number of hydrogen-bond acceptors (Lipinski definition) is 3. The maximum absolute atomic E-state index is 12.5. The van der Waals surface area contributed by atoms with E-state index in [1.165, 1.54) is 0 Å². The van der Waals surface area contributed by atoms with E-state index in [0.29, 0.717) is 11.3 Å². The Balaban J connectivity index is 1.68. The Morgan fingerprint density at radius 3 is 2.44 bits per heavy atom. The van der Waals surface area contributed by atoms with Crippen LogP contribution in [0.15, 0.2) is 48.5 Å². The molecule has 2 aromatic carbocycles. The quantitative estimate of drug-likeness (QED) is 0.680. The third kappa shape index (κ3) is 3.87. The van der Waals surface area contributed by atoms with Crippen LogP contribution in [0.25, 0.3) is 10.8 Å². The lowest BCUT2D eigenvalue weighted by Gasteiger charge is -2.14. The van der Waals surface area contributed by atoms with Gasteiger partial charge in [-0.2, -0.15) is 0 Å². The molecule has 1 aromatic heterocycles. The summed E-state index contributed by atoms with van der Waals surface area (Å²) in [5.74, 6) is -0.841. The minimum absolute atomic E-state index is 0.358. The van der Waals surface area contributed by atoms with E-state index < -0.39 is 12.1 Å². The van der Waals surface area contributed by atoms with Crippen LogP contribution in [-0.2, 0) is 16.1 Å². The van der Waals surface area contributed by atoms with Gasteiger partial charge in [-0.05, 0) is 56.7 Å². The van der Waals surface area contributed by atoms with Gasteiger partial charge in [-0.3, -0.25) is 4.79 Å². The Morgan fingerprint density at radius 1 is 1.07 bits per heavy atom. The first kappa shape index (κ1) is 18.7. The molecule has 5 heteroatoms. The summed E-state index contributed by atoms with van der Waals surface area (Å²) in [6.45, 7) is 8.21. The van der Waals surface area contributed by atoms with Gasteiger partial charge >= 0.3 is 5.97 Å². The number of ether oxygens (including phenoxy) is 1. The molecule has 0 unspecified atom stereocenters. The number of anilines is 1. The summed E-state index contributed by atoms with van der Waals surface area (Å²) in [5.41, 5.74) is 3.02. The molecule has 3 rings (SSSR count). The molecule has 1 atom stereocenters. The van der Waals surface area contributed by atoms with Crippen molar-refractivity contribution in [3.63, 3.8) is 0 Å². The summed E-state index contributed by atoms with van der Waals surface area (Å²) < 4.78 is 7.43. The van der Waals surface area contributed by atoms with Gasteiger partial charge in [0, 0.05) is 23.6 Å². The highest BCUT2D eigenvalue weighted by Crippen LogP contribution is 2.20. The van der Waals surface area contributed by atoms with Crippen molar-refractivity contribution in [2.45, 2.75) is 40.3 Å². The van der Waals surface area contributed by atoms with Crippen molar-refractivity contribution >= 4 is 28.3 Å². The van der Waals surface area contributed by atoms with Crippen LogP contribution in [0.5, 0.6) is 0 Å². The summed E-state index contributed by atoms with van der Waals surface area (Å²) in [4.78, 5) is 24.9. The van der Waals surface area contributed by atoms with Gasteiger partial charge in [-0.15, -0.1) is 0 Å². The second-order valence-corrected chi connectivity index (χ2v) is 6.63. The van der Waals surface area contributed by atoms with Crippen LogP contribution >= 0.6 is 0 Å². The number of carbonyl (C=O) groups excluding carboxylic acids is 2. The van der Waals surface area contributed by atoms with Crippen LogP contribution in [0, 0.1) is 13.8 Å². The molecule has 0 aliphatic heterocycles. The first-order chi connectivity index (χ1) is 12.9. The Hall–Kier alpha value is -3.08. The van der Waals surface area contributed by atoms with Crippen molar-refractivity contribution in [2.75, 3.05) is 5.32 Å². The highest BCUT2D eigenvalue weighted by molar-refractivity contribution is 5.99. The van der Waals surface area contributed by atoms with Crippen LogP contribution in [0.4, 0.5) is 5.69 Å². The Morgan fingerprint density at radius 2 is 1.78 bits per heavy atom. The fraction of sp³-hybridized carbons (Fsp3) is 0.273. The van der Waals surface area contributed by atoms with Crippen LogP contribution in [-0.4, -0.2) is 22.5 Å². The molecule has 27 heavy (non-hydrogen) atoms. The van der Waals surface area contributed by atoms with Crippen molar-refractivity contribution < 1.29 is 14.3 Å². The van der Waals surface area contributed by atoms with Crippen LogP contribution in [0.1, 0.15) is 35.6 Å². The number of nitrogens with one attached hydrogen (secondary N) is 1. The van der Waals surface area contributed by atoms with Crippen molar-refractivity contribution in [1.82, 2.24) is 4.57 Å². The van der Waals surface area contributed by atoms with Crippen LogP contribution in [0.3, 0.4) is 0 Å². The number of aryl methyl sites for hydroxylation is 1. The summed E-state index contributed by atoms with van der Waals surface area (Å²) in [5, 5.41) is 4.94. The number of esters is 1. The number of nitrogens with zero attached hydrogens (tertiary/aromatic N) is 1. The van der Waals surface area contributed by atoms with Gasteiger partial charge < -0.3 is 14.6 Å². The molecule has 1 amide bonds. The highest BCUT2D eigenvalue weighted by Gasteiger charge is 2.22. The van der Waals surface area contributed by atoms with Crippen molar-refractivity contribution in [3.05, 3.63) is 65.5 Å². The van der Waals surface area contributed by atoms with E-state index in [1.54, 1.807) is 13.0 Å². The van der Waals surface area contributed by atoms with E-state index >= 15 is 0 Å². The van der Waals surface area contributed by atoms with Crippen molar-refractivity contribution in [1.29, 1.82) is 0 Å². The average molecular weight is 364 g/mol. The first-order valence-corrected chi connectivity index (χ1v) is 9.08. The smallest absolute Gasteiger partial charge is 0.340 e. The molecule has 0 saturated heterocycles. The van der Waals surface area contributed by atoms with Gasteiger partial charge in [0.1, 0.15) is 0 Å². The van der Waals surface area contributed by atoms with Gasteiger partial charge in [0.05, 0.1) is 5.56 Å². The number of fused-ring (bicyclic) bond motifs is 1. The van der Waals surface area contributed by atoms with Gasteiger partial charge in [0.15, 0.2) is 6.10 Å². The summed E-state index contributed by atoms with van der Waals surface area (Å²) >= 11 is 0. The van der Waals surface area contributed by atoms with Gasteiger partial charge in [0.25, 0.3) is 5.91 Å². The fourth-order valence-electron chi connectivity index (χ4n) is 3.28. The van der Waals surface area contributed by atoms with Gasteiger partial charge in [-0.25, -0.2) is 4.79 Å². The molecule has 0 radical (unpaired) electrons. The standard InChI is InChI=1S/C22H24N2O3/c1-5-24-14(2)12-20(15(24)3)22(26)27-16(4)21(25)23-19-11-10-17-8-6-7-9-18(17)13-19/h6-13,16H,5H2,1-4H3,(H,23,25)/t16-/m0/s1. The van der Waals surface area contributed by atoms with Crippen molar-refractivity contribution in [2.24, 2.45) is 0 Å². The van der Waals surface area contributed by atoms with E-state index in [-0.39, 0.29) is 5.91 Å². The molecule has 0 saturated carbocycles. The Labute approximate surface area is 158 Å². The van der Waals surface area contributed by atoms with E-state index in [9.17, 15) is 9.59 Å². The maximum Gasteiger partial charge on any atom is 0.340 e. The molecule has 5 nitrogen and oxygen atoms in total. The Bertz CT molecular complexity index is 1000. The lowest BCUT2D eigenvalue weighted by Crippen LogP contribution is -2.30. The Kier molecular flexibility index (Phi) is 5.31. The third-order valence-corrected chi connectivity index (χ3v) is 4.78. The van der Waals surface area contributed by atoms with E-state index in [0.717, 1.165) is 28.7 Å².